The van der Waals surface area contributed by atoms with Crippen molar-refractivity contribution in [2.24, 2.45) is 0 Å². The van der Waals surface area contributed by atoms with Gasteiger partial charge in [0, 0.05) is 32.8 Å². The minimum atomic E-state index is 0.889. The quantitative estimate of drug-likeness (QED) is 0.132. The van der Waals surface area contributed by atoms with Crippen molar-refractivity contribution in [2.45, 2.75) is 0 Å². The molecule has 0 unspecified atom stereocenters. The van der Waals surface area contributed by atoms with Gasteiger partial charge in [-0.25, -0.2) is 0 Å². The van der Waals surface area contributed by atoms with E-state index in [0.29, 0.717) is 0 Å². The van der Waals surface area contributed by atoms with Crippen molar-refractivity contribution in [2.75, 3.05) is 0 Å². The summed E-state index contributed by atoms with van der Waals surface area (Å²) in [7, 11) is 0. The standard InChI is InChI=1S/C54H31NO/c1-2-14-38-37(13-1)42-18-9-20-44-39-27-25-33(30-47(39)45-21-10-19-43(38)53(45)52(42)44)32-11-7-12-34(29-32)36-17-8-22-46-48-31-35(26-28-51(48)56-54(36)46)55-49-23-5-3-15-40(49)41-16-4-6-24-50(41)55/h1-31H. The average molecular weight is 710 g/mol. The van der Waals surface area contributed by atoms with E-state index in [0.717, 1.165) is 38.8 Å². The monoisotopic (exact) mass is 709 g/mol. The molecule has 11 aromatic carbocycles. The highest BCUT2D eigenvalue weighted by Crippen LogP contribution is 2.46. The van der Waals surface area contributed by atoms with Crippen LogP contribution in [0.4, 0.5) is 0 Å². The van der Waals surface area contributed by atoms with E-state index in [1.54, 1.807) is 0 Å². The Morgan fingerprint density at radius 3 is 1.52 bits per heavy atom. The fourth-order valence-electron chi connectivity index (χ4n) is 9.90. The van der Waals surface area contributed by atoms with Crippen molar-refractivity contribution >= 4 is 97.6 Å². The summed E-state index contributed by atoms with van der Waals surface area (Å²) in [4.78, 5) is 0. The molecule has 0 fully saturated rings. The Bertz CT molecular complexity index is 3710. The van der Waals surface area contributed by atoms with Crippen molar-refractivity contribution in [3.63, 3.8) is 0 Å². The van der Waals surface area contributed by atoms with Crippen molar-refractivity contribution in [1.82, 2.24) is 4.57 Å². The first-order chi connectivity index (χ1) is 27.8. The van der Waals surface area contributed by atoms with E-state index in [1.807, 2.05) is 0 Å². The van der Waals surface area contributed by atoms with Crippen molar-refractivity contribution in [3.05, 3.63) is 188 Å². The second kappa shape index (κ2) is 11.1. The Labute approximate surface area is 321 Å². The summed E-state index contributed by atoms with van der Waals surface area (Å²) >= 11 is 0. The lowest BCUT2D eigenvalue weighted by Crippen LogP contribution is -1.93. The van der Waals surface area contributed by atoms with Crippen LogP contribution in [0, 0.1) is 0 Å². The molecule has 0 spiro atoms. The Kier molecular flexibility index (Phi) is 5.92. The minimum absolute atomic E-state index is 0.889. The van der Waals surface area contributed by atoms with Crippen LogP contribution in [0.3, 0.4) is 0 Å². The normalized spacial score (nSPS) is 12.3. The molecule has 13 aromatic rings. The predicted octanol–water partition coefficient (Wildman–Crippen LogP) is 15.2. The topological polar surface area (TPSA) is 18.1 Å². The van der Waals surface area contributed by atoms with Crippen LogP contribution in [-0.4, -0.2) is 4.57 Å². The highest BCUT2D eigenvalue weighted by molar-refractivity contribution is 6.40. The van der Waals surface area contributed by atoms with Gasteiger partial charge in [0.2, 0.25) is 0 Å². The second-order valence-electron chi connectivity index (χ2n) is 15.2. The third-order valence-electron chi connectivity index (χ3n) is 12.3. The third kappa shape index (κ3) is 4.00. The molecule has 2 heterocycles. The van der Waals surface area contributed by atoms with E-state index in [-0.39, 0.29) is 0 Å². The maximum Gasteiger partial charge on any atom is 0.143 e. The summed E-state index contributed by atoms with van der Waals surface area (Å²) < 4.78 is 9.09. The van der Waals surface area contributed by atoms with E-state index >= 15 is 0 Å². The first-order valence-electron chi connectivity index (χ1n) is 19.3. The summed E-state index contributed by atoms with van der Waals surface area (Å²) in [5.41, 5.74) is 9.94. The number of hydrogen-bond acceptors (Lipinski definition) is 1. The molecule has 0 aliphatic heterocycles. The van der Waals surface area contributed by atoms with Crippen LogP contribution in [0.1, 0.15) is 0 Å². The molecular formula is C54H31NO. The van der Waals surface area contributed by atoms with Crippen molar-refractivity contribution in [3.8, 4) is 27.9 Å². The van der Waals surface area contributed by atoms with Crippen LogP contribution in [0.15, 0.2) is 192 Å². The maximum absolute atomic E-state index is 6.72. The van der Waals surface area contributed by atoms with Gasteiger partial charge in [0.25, 0.3) is 0 Å². The SMILES string of the molecule is c1cc(-c2ccc3c(c2)c2cccc4c5ccccc5c5cccc3c5c42)cc(-c2cccc3c2oc2ccc(-n4c5ccccc5c5ccccc54)cc23)c1. The van der Waals surface area contributed by atoms with E-state index in [4.69, 9.17) is 4.42 Å². The highest BCUT2D eigenvalue weighted by atomic mass is 16.3. The zero-order valence-corrected chi connectivity index (χ0v) is 30.3. The molecule has 56 heavy (non-hydrogen) atoms. The fourth-order valence-corrected chi connectivity index (χ4v) is 9.90. The molecular weight excluding hydrogens is 679 g/mol. The summed E-state index contributed by atoms with van der Waals surface area (Å²) in [6.45, 7) is 0. The van der Waals surface area contributed by atoms with Gasteiger partial charge < -0.3 is 8.98 Å². The summed E-state index contributed by atoms with van der Waals surface area (Å²) in [6.07, 6.45) is 0. The van der Waals surface area contributed by atoms with Gasteiger partial charge in [-0.05, 0) is 113 Å². The Morgan fingerprint density at radius 2 is 0.821 bits per heavy atom. The highest BCUT2D eigenvalue weighted by Gasteiger charge is 2.19. The summed E-state index contributed by atoms with van der Waals surface area (Å²) in [6, 6.07) is 68.9. The zero-order chi connectivity index (χ0) is 36.5. The molecule has 0 aliphatic rings. The molecule has 2 aromatic heterocycles. The fraction of sp³-hybridized carbons (Fsp3) is 0. The lowest BCUT2D eigenvalue weighted by atomic mass is 9.85. The number of rotatable bonds is 3. The van der Waals surface area contributed by atoms with Crippen LogP contribution in [0.5, 0.6) is 0 Å². The molecule has 0 N–H and O–H groups in total. The Morgan fingerprint density at radius 1 is 0.304 bits per heavy atom. The van der Waals surface area contributed by atoms with Crippen molar-refractivity contribution < 1.29 is 4.42 Å². The van der Waals surface area contributed by atoms with Crippen molar-refractivity contribution in [1.29, 1.82) is 0 Å². The predicted molar refractivity (Wildman–Crippen MR) is 238 cm³/mol. The molecule has 2 nitrogen and oxygen atoms in total. The summed E-state index contributed by atoms with van der Waals surface area (Å²) in [5.74, 6) is 0. The molecule has 0 saturated heterocycles. The van der Waals surface area contributed by atoms with E-state index in [9.17, 15) is 0 Å². The molecule has 0 atom stereocenters. The van der Waals surface area contributed by atoms with Crippen LogP contribution >= 0.6 is 0 Å². The number of benzene rings is 11. The van der Waals surface area contributed by atoms with Gasteiger partial charge in [0.05, 0.1) is 11.0 Å². The summed E-state index contributed by atoms with van der Waals surface area (Å²) in [5, 5.41) is 17.9. The van der Waals surface area contributed by atoms with Crippen LogP contribution in [0.25, 0.3) is 126 Å². The lowest BCUT2D eigenvalue weighted by molar-refractivity contribution is 0.670. The van der Waals surface area contributed by atoms with Gasteiger partial charge in [-0.2, -0.15) is 0 Å². The largest absolute Gasteiger partial charge is 0.455 e. The van der Waals surface area contributed by atoms with E-state index < -0.39 is 0 Å². The first kappa shape index (κ1) is 30.0. The van der Waals surface area contributed by atoms with Gasteiger partial charge >= 0.3 is 0 Å². The van der Waals surface area contributed by atoms with Gasteiger partial charge in [-0.15, -0.1) is 0 Å². The molecule has 13 rings (SSSR count). The van der Waals surface area contributed by atoms with Gasteiger partial charge in [0.1, 0.15) is 11.2 Å². The minimum Gasteiger partial charge on any atom is -0.455 e. The Hall–Kier alpha value is -7.42. The molecule has 0 saturated carbocycles. The smallest absolute Gasteiger partial charge is 0.143 e. The van der Waals surface area contributed by atoms with E-state index in [1.165, 1.54) is 86.8 Å². The first-order valence-corrected chi connectivity index (χ1v) is 19.3. The number of aromatic nitrogens is 1. The van der Waals surface area contributed by atoms with Crippen LogP contribution < -0.4 is 0 Å². The van der Waals surface area contributed by atoms with Gasteiger partial charge in [-0.1, -0.05) is 146 Å². The Balaban J connectivity index is 0.973. The maximum atomic E-state index is 6.72. The average Bonchev–Trinajstić information content (AvgIpc) is 3.81. The van der Waals surface area contributed by atoms with Crippen LogP contribution in [0.2, 0.25) is 0 Å². The second-order valence-corrected chi connectivity index (χ2v) is 15.2. The number of hydrogen-bond donors (Lipinski definition) is 0. The number of para-hydroxylation sites is 3. The zero-order valence-electron chi connectivity index (χ0n) is 30.3. The van der Waals surface area contributed by atoms with Gasteiger partial charge in [-0.3, -0.25) is 0 Å². The number of furan rings is 1. The van der Waals surface area contributed by atoms with Gasteiger partial charge in [0.15, 0.2) is 0 Å². The molecule has 258 valence electrons. The third-order valence-corrected chi connectivity index (χ3v) is 12.3. The van der Waals surface area contributed by atoms with E-state index in [2.05, 4.69) is 193 Å². The number of nitrogens with zero attached hydrogens (tertiary/aromatic N) is 1. The molecule has 0 aliphatic carbocycles. The molecule has 2 heteroatoms. The molecule has 0 radical (unpaired) electrons. The number of fused-ring (bicyclic) bond motifs is 12. The molecule has 0 amide bonds. The van der Waals surface area contributed by atoms with Crippen LogP contribution in [-0.2, 0) is 0 Å². The lowest BCUT2D eigenvalue weighted by Gasteiger charge is -2.18. The molecule has 0 bridgehead atoms.